The normalized spacial score (nSPS) is 10.8. The van der Waals surface area contributed by atoms with Crippen LogP contribution >= 0.6 is 23.2 Å². The summed E-state index contributed by atoms with van der Waals surface area (Å²) in [6.45, 7) is -0.188. The third kappa shape index (κ3) is 1.80. The number of halogens is 2. The molecule has 0 aliphatic rings. The molecule has 2 rings (SSSR count). The Kier molecular flexibility index (Phi) is 2.59. The number of aromatic nitrogens is 1. The summed E-state index contributed by atoms with van der Waals surface area (Å²) in [4.78, 5) is 10.7. The highest BCUT2D eigenvalue weighted by molar-refractivity contribution is 6.36. The molecule has 0 radical (unpaired) electrons. The van der Waals surface area contributed by atoms with E-state index >= 15 is 0 Å². The lowest BCUT2D eigenvalue weighted by Gasteiger charge is -2.04. The van der Waals surface area contributed by atoms with Gasteiger partial charge in [-0.05, 0) is 12.1 Å². The van der Waals surface area contributed by atoms with Gasteiger partial charge in [0.15, 0.2) is 0 Å². The Morgan fingerprint density at radius 3 is 2.80 bits per heavy atom. The zero-order chi connectivity index (χ0) is 11.0. The molecule has 0 atom stereocenters. The highest BCUT2D eigenvalue weighted by atomic mass is 35.5. The summed E-state index contributed by atoms with van der Waals surface area (Å²) in [5.41, 5.74) is 0.659. The van der Waals surface area contributed by atoms with Gasteiger partial charge in [0.05, 0.1) is 10.5 Å². The van der Waals surface area contributed by atoms with Crippen LogP contribution in [0.3, 0.4) is 0 Å². The summed E-state index contributed by atoms with van der Waals surface area (Å²) in [5, 5.41) is 10.5. The van der Waals surface area contributed by atoms with Crippen molar-refractivity contribution in [3.8, 4) is 0 Å². The maximum absolute atomic E-state index is 10.7. The number of aliphatic carboxylic acids is 1. The molecule has 0 aliphatic carbocycles. The van der Waals surface area contributed by atoms with Gasteiger partial charge in [-0.25, -0.2) is 0 Å². The van der Waals surface area contributed by atoms with Crippen LogP contribution in [0.15, 0.2) is 24.3 Å². The molecule has 0 spiro atoms. The van der Waals surface area contributed by atoms with Crippen molar-refractivity contribution >= 4 is 40.1 Å². The Morgan fingerprint density at radius 2 is 2.13 bits per heavy atom. The topological polar surface area (TPSA) is 42.2 Å². The average Bonchev–Trinajstić information content (AvgIpc) is 2.43. The largest absolute Gasteiger partial charge is 0.480 e. The Bertz CT molecular complexity index is 533. The van der Waals surface area contributed by atoms with Crippen molar-refractivity contribution in [2.24, 2.45) is 0 Å². The number of fused-ring (bicyclic) bond motifs is 1. The number of carboxylic acid groups (broad SMARTS) is 1. The molecule has 0 aliphatic heterocycles. The molecule has 0 fully saturated rings. The van der Waals surface area contributed by atoms with Crippen molar-refractivity contribution in [2.45, 2.75) is 6.54 Å². The number of hydrogen-bond acceptors (Lipinski definition) is 1. The van der Waals surface area contributed by atoms with Crippen LogP contribution in [0.25, 0.3) is 10.9 Å². The molecule has 0 saturated heterocycles. The molecule has 15 heavy (non-hydrogen) atoms. The summed E-state index contributed by atoms with van der Waals surface area (Å²) >= 11 is 11.9. The predicted octanol–water partition coefficient (Wildman–Crippen LogP) is 3.03. The van der Waals surface area contributed by atoms with E-state index in [4.69, 9.17) is 28.3 Å². The summed E-state index contributed by atoms with van der Waals surface area (Å²) < 4.78 is 1.47. The van der Waals surface area contributed by atoms with Crippen LogP contribution in [-0.4, -0.2) is 15.6 Å². The fraction of sp³-hybridized carbons (Fsp3) is 0.100. The van der Waals surface area contributed by atoms with Gasteiger partial charge in [0.2, 0.25) is 0 Å². The number of benzene rings is 1. The molecule has 1 aromatic heterocycles. The minimum atomic E-state index is -0.950. The van der Waals surface area contributed by atoms with E-state index in [1.807, 2.05) is 6.07 Å². The first-order chi connectivity index (χ1) is 7.09. The second kappa shape index (κ2) is 3.76. The van der Waals surface area contributed by atoms with E-state index in [1.54, 1.807) is 18.2 Å². The van der Waals surface area contributed by atoms with E-state index in [2.05, 4.69) is 0 Å². The molecule has 0 bridgehead atoms. The number of nitrogens with zero attached hydrogens (tertiary/aromatic N) is 1. The third-order valence-electron chi connectivity index (χ3n) is 2.11. The second-order valence-corrected chi connectivity index (χ2v) is 3.92. The van der Waals surface area contributed by atoms with Crippen LogP contribution in [0, 0.1) is 0 Å². The molecule has 1 aromatic carbocycles. The van der Waals surface area contributed by atoms with E-state index in [0.29, 0.717) is 15.7 Å². The standard InChI is InChI=1S/C10H7Cl2NO2/c11-7-3-1-2-6-4-8(12)13(10(6)7)5-9(14)15/h1-4H,5H2,(H,14,15). The van der Waals surface area contributed by atoms with Crippen LogP contribution < -0.4 is 0 Å². The van der Waals surface area contributed by atoms with E-state index in [0.717, 1.165) is 5.39 Å². The van der Waals surface area contributed by atoms with Gasteiger partial charge >= 0.3 is 5.97 Å². The van der Waals surface area contributed by atoms with Gasteiger partial charge in [-0.15, -0.1) is 0 Å². The van der Waals surface area contributed by atoms with Gasteiger partial charge in [-0.1, -0.05) is 35.3 Å². The van der Waals surface area contributed by atoms with Gasteiger partial charge in [0, 0.05) is 5.39 Å². The first-order valence-corrected chi connectivity index (χ1v) is 5.00. The maximum atomic E-state index is 10.7. The van der Waals surface area contributed by atoms with Crippen LogP contribution in [0.5, 0.6) is 0 Å². The lowest BCUT2D eigenvalue weighted by Crippen LogP contribution is -2.08. The van der Waals surface area contributed by atoms with Gasteiger partial charge in [-0.3, -0.25) is 4.79 Å². The Hall–Kier alpha value is -1.19. The van der Waals surface area contributed by atoms with Crippen molar-refractivity contribution < 1.29 is 9.90 Å². The average molecular weight is 244 g/mol. The van der Waals surface area contributed by atoms with Crippen LogP contribution in [0.4, 0.5) is 0 Å². The molecule has 3 nitrogen and oxygen atoms in total. The number of carboxylic acids is 1. The Balaban J connectivity index is 2.71. The van der Waals surface area contributed by atoms with E-state index in [1.165, 1.54) is 4.57 Å². The summed E-state index contributed by atoms with van der Waals surface area (Å²) in [5.74, 6) is -0.950. The number of hydrogen-bond donors (Lipinski definition) is 1. The van der Waals surface area contributed by atoms with E-state index in [-0.39, 0.29) is 6.54 Å². The second-order valence-electron chi connectivity index (χ2n) is 3.12. The third-order valence-corrected chi connectivity index (χ3v) is 2.73. The zero-order valence-corrected chi connectivity index (χ0v) is 9.09. The van der Waals surface area contributed by atoms with Gasteiger partial charge in [0.25, 0.3) is 0 Å². The summed E-state index contributed by atoms with van der Waals surface area (Å²) in [6.07, 6.45) is 0. The fourth-order valence-corrected chi connectivity index (χ4v) is 2.08. The lowest BCUT2D eigenvalue weighted by atomic mass is 10.2. The quantitative estimate of drug-likeness (QED) is 0.882. The monoisotopic (exact) mass is 243 g/mol. The molecule has 1 N–H and O–H groups in total. The lowest BCUT2D eigenvalue weighted by molar-refractivity contribution is -0.137. The summed E-state index contributed by atoms with van der Waals surface area (Å²) in [7, 11) is 0. The molecular weight excluding hydrogens is 237 g/mol. The molecule has 0 unspecified atom stereocenters. The Labute approximate surface area is 95.8 Å². The molecule has 2 aromatic rings. The SMILES string of the molecule is O=C(O)Cn1c(Cl)cc2cccc(Cl)c21. The van der Waals surface area contributed by atoms with Gasteiger partial charge in [0.1, 0.15) is 11.7 Å². The van der Waals surface area contributed by atoms with E-state index < -0.39 is 5.97 Å². The number of para-hydroxylation sites is 1. The molecule has 5 heteroatoms. The first-order valence-electron chi connectivity index (χ1n) is 4.24. The number of rotatable bonds is 2. The van der Waals surface area contributed by atoms with Crippen molar-refractivity contribution in [2.75, 3.05) is 0 Å². The van der Waals surface area contributed by atoms with Crippen LogP contribution in [0.2, 0.25) is 10.2 Å². The van der Waals surface area contributed by atoms with Crippen LogP contribution in [0.1, 0.15) is 0 Å². The minimum absolute atomic E-state index is 0.188. The Morgan fingerprint density at radius 1 is 1.40 bits per heavy atom. The van der Waals surface area contributed by atoms with E-state index in [9.17, 15) is 4.79 Å². The van der Waals surface area contributed by atoms with Crippen molar-refractivity contribution in [3.05, 3.63) is 34.4 Å². The van der Waals surface area contributed by atoms with Crippen molar-refractivity contribution in [1.82, 2.24) is 4.57 Å². The molecule has 0 saturated carbocycles. The smallest absolute Gasteiger partial charge is 0.323 e. The summed E-state index contributed by atoms with van der Waals surface area (Å²) in [6, 6.07) is 7.04. The van der Waals surface area contributed by atoms with Gasteiger partial charge in [-0.2, -0.15) is 0 Å². The molecule has 0 amide bonds. The van der Waals surface area contributed by atoms with Gasteiger partial charge < -0.3 is 9.67 Å². The zero-order valence-electron chi connectivity index (χ0n) is 7.58. The molecular formula is C10H7Cl2NO2. The number of carbonyl (C=O) groups is 1. The first kappa shape index (κ1) is 10.3. The fourth-order valence-electron chi connectivity index (χ4n) is 1.54. The maximum Gasteiger partial charge on any atom is 0.323 e. The highest BCUT2D eigenvalue weighted by Crippen LogP contribution is 2.29. The molecule has 1 heterocycles. The predicted molar refractivity (Wildman–Crippen MR) is 59.6 cm³/mol. The highest BCUT2D eigenvalue weighted by Gasteiger charge is 2.12. The van der Waals surface area contributed by atoms with Crippen molar-refractivity contribution in [3.63, 3.8) is 0 Å². The molecule has 78 valence electrons. The van der Waals surface area contributed by atoms with Crippen LogP contribution in [-0.2, 0) is 11.3 Å². The minimum Gasteiger partial charge on any atom is -0.480 e. The van der Waals surface area contributed by atoms with Crippen molar-refractivity contribution in [1.29, 1.82) is 0 Å².